The Hall–Kier alpha value is -0.240. The second-order valence-corrected chi connectivity index (χ2v) is 2.72. The van der Waals surface area contributed by atoms with E-state index in [1.165, 1.54) is 0 Å². The lowest BCUT2D eigenvalue weighted by atomic mass is 10.00. The zero-order valence-electron chi connectivity index (χ0n) is 6.24. The standard InChI is InChI=1S/C6H12O6/c7-1-2-3(8)4(9)5(10)6(11)12-2/h2-11H,1H2/t2-,3?,4+,5+,6+/m1/s1. The zero-order chi connectivity index (χ0) is 9.30. The van der Waals surface area contributed by atoms with Crippen molar-refractivity contribution in [2.45, 2.75) is 30.7 Å². The Labute approximate surface area is 68.6 Å². The van der Waals surface area contributed by atoms with Gasteiger partial charge in [-0.3, -0.25) is 0 Å². The fourth-order valence-electron chi connectivity index (χ4n) is 1.08. The van der Waals surface area contributed by atoms with Gasteiger partial charge in [-0.05, 0) is 0 Å². The van der Waals surface area contributed by atoms with E-state index in [-0.39, 0.29) is 0 Å². The van der Waals surface area contributed by atoms with Crippen molar-refractivity contribution in [3.63, 3.8) is 0 Å². The van der Waals surface area contributed by atoms with E-state index in [1.54, 1.807) is 0 Å². The smallest absolute Gasteiger partial charge is 0.184 e. The molecule has 6 nitrogen and oxygen atoms in total. The van der Waals surface area contributed by atoms with E-state index in [0.717, 1.165) is 0 Å². The third-order valence-corrected chi connectivity index (χ3v) is 1.87. The SMILES string of the molecule is OC[C@H]1O[C@H](O)[C@@H](O)[C@@H](O)C1O. The quantitative estimate of drug-likeness (QED) is 0.290. The van der Waals surface area contributed by atoms with Gasteiger partial charge in [-0.1, -0.05) is 0 Å². The van der Waals surface area contributed by atoms with Gasteiger partial charge in [0.05, 0.1) is 6.61 Å². The molecule has 1 aliphatic rings. The Morgan fingerprint density at radius 1 is 0.917 bits per heavy atom. The van der Waals surface area contributed by atoms with Crippen LogP contribution in [0.3, 0.4) is 0 Å². The lowest BCUT2D eigenvalue weighted by Gasteiger charge is -2.37. The zero-order valence-corrected chi connectivity index (χ0v) is 6.24. The first-order valence-electron chi connectivity index (χ1n) is 3.56. The van der Waals surface area contributed by atoms with Crippen LogP contribution in [-0.4, -0.2) is 62.8 Å². The van der Waals surface area contributed by atoms with E-state index in [2.05, 4.69) is 4.74 Å². The highest BCUT2D eigenvalue weighted by Crippen LogP contribution is 2.18. The van der Waals surface area contributed by atoms with Gasteiger partial charge in [-0.2, -0.15) is 0 Å². The maximum Gasteiger partial charge on any atom is 0.184 e. The maximum atomic E-state index is 9.12. The number of aliphatic hydroxyl groups excluding tert-OH is 5. The van der Waals surface area contributed by atoms with Crippen LogP contribution >= 0.6 is 0 Å². The molecule has 0 bridgehead atoms. The van der Waals surface area contributed by atoms with E-state index in [4.69, 9.17) is 25.5 Å². The fourth-order valence-corrected chi connectivity index (χ4v) is 1.08. The van der Waals surface area contributed by atoms with Crippen LogP contribution in [0.2, 0.25) is 0 Å². The van der Waals surface area contributed by atoms with Crippen LogP contribution in [0.4, 0.5) is 0 Å². The highest BCUT2D eigenvalue weighted by Gasteiger charge is 2.42. The predicted octanol–water partition coefficient (Wildman–Crippen LogP) is -3.22. The Morgan fingerprint density at radius 3 is 2.00 bits per heavy atom. The van der Waals surface area contributed by atoms with E-state index >= 15 is 0 Å². The summed E-state index contributed by atoms with van der Waals surface area (Å²) in [6, 6.07) is 0. The number of ether oxygens (including phenoxy) is 1. The molecule has 0 spiro atoms. The summed E-state index contributed by atoms with van der Waals surface area (Å²) < 4.78 is 4.58. The third-order valence-electron chi connectivity index (χ3n) is 1.87. The monoisotopic (exact) mass is 180 g/mol. The van der Waals surface area contributed by atoms with E-state index in [1.807, 2.05) is 0 Å². The molecule has 1 heterocycles. The van der Waals surface area contributed by atoms with Crippen LogP contribution in [0.25, 0.3) is 0 Å². The maximum absolute atomic E-state index is 9.12. The average Bonchev–Trinajstić information content (AvgIpc) is 2.08. The minimum Gasteiger partial charge on any atom is -0.394 e. The Balaban J connectivity index is 2.63. The van der Waals surface area contributed by atoms with Gasteiger partial charge in [0.1, 0.15) is 24.4 Å². The highest BCUT2D eigenvalue weighted by molar-refractivity contribution is 4.87. The summed E-state index contributed by atoms with van der Waals surface area (Å²) >= 11 is 0. The summed E-state index contributed by atoms with van der Waals surface area (Å²) in [5.41, 5.74) is 0. The third kappa shape index (κ3) is 1.58. The summed E-state index contributed by atoms with van der Waals surface area (Å²) in [6.07, 6.45) is -7.04. The van der Waals surface area contributed by atoms with Crippen molar-refractivity contribution in [2.75, 3.05) is 6.61 Å². The van der Waals surface area contributed by atoms with Gasteiger partial charge < -0.3 is 30.3 Å². The highest BCUT2D eigenvalue weighted by atomic mass is 16.6. The molecule has 1 rings (SSSR count). The van der Waals surface area contributed by atoms with Crippen molar-refractivity contribution in [1.29, 1.82) is 0 Å². The van der Waals surface area contributed by atoms with Gasteiger partial charge in [0.2, 0.25) is 0 Å². The molecular formula is C6H12O6. The lowest BCUT2D eigenvalue weighted by Crippen LogP contribution is -2.58. The van der Waals surface area contributed by atoms with Crippen LogP contribution in [-0.2, 0) is 4.74 Å². The first kappa shape index (κ1) is 9.85. The van der Waals surface area contributed by atoms with Crippen molar-refractivity contribution >= 4 is 0 Å². The summed E-state index contributed by atoms with van der Waals surface area (Å²) in [4.78, 5) is 0. The van der Waals surface area contributed by atoms with E-state index in [0.29, 0.717) is 0 Å². The van der Waals surface area contributed by atoms with Crippen LogP contribution in [0.15, 0.2) is 0 Å². The van der Waals surface area contributed by atoms with Crippen molar-refractivity contribution in [1.82, 2.24) is 0 Å². The molecule has 72 valence electrons. The number of rotatable bonds is 1. The van der Waals surface area contributed by atoms with Crippen molar-refractivity contribution in [3.8, 4) is 0 Å². The average molecular weight is 180 g/mol. The molecule has 1 fully saturated rings. The van der Waals surface area contributed by atoms with Gasteiger partial charge in [0, 0.05) is 0 Å². The second kappa shape index (κ2) is 3.65. The molecule has 5 N–H and O–H groups in total. The minimum atomic E-state index is -1.57. The van der Waals surface area contributed by atoms with E-state index < -0.39 is 37.3 Å². The van der Waals surface area contributed by atoms with Crippen LogP contribution in [0.1, 0.15) is 0 Å². The van der Waals surface area contributed by atoms with Crippen LogP contribution in [0.5, 0.6) is 0 Å². The molecule has 6 heteroatoms. The first-order chi connectivity index (χ1) is 5.57. The van der Waals surface area contributed by atoms with Crippen LogP contribution in [0, 0.1) is 0 Å². The first-order valence-corrected chi connectivity index (χ1v) is 3.56. The van der Waals surface area contributed by atoms with Crippen LogP contribution < -0.4 is 0 Å². The molecule has 0 aliphatic carbocycles. The molecule has 0 aromatic heterocycles. The summed E-state index contributed by atoms with van der Waals surface area (Å²) in [6.45, 7) is -0.526. The lowest BCUT2D eigenvalue weighted by molar-refractivity contribution is -0.286. The largest absolute Gasteiger partial charge is 0.394 e. The number of hydrogen-bond donors (Lipinski definition) is 5. The van der Waals surface area contributed by atoms with Gasteiger partial charge >= 0.3 is 0 Å². The van der Waals surface area contributed by atoms with Crippen molar-refractivity contribution < 1.29 is 30.3 Å². The normalized spacial score (nSPS) is 49.2. The summed E-state index contributed by atoms with van der Waals surface area (Å²) in [7, 11) is 0. The van der Waals surface area contributed by atoms with Gasteiger partial charge in [0.15, 0.2) is 6.29 Å². The van der Waals surface area contributed by atoms with Crippen molar-refractivity contribution in [2.24, 2.45) is 0 Å². The molecule has 1 unspecified atom stereocenters. The van der Waals surface area contributed by atoms with E-state index in [9.17, 15) is 0 Å². The minimum absolute atomic E-state index is 0.526. The Bertz CT molecular complexity index is 146. The molecule has 0 radical (unpaired) electrons. The van der Waals surface area contributed by atoms with Crippen molar-refractivity contribution in [3.05, 3.63) is 0 Å². The Kier molecular flexibility index (Phi) is 2.99. The topological polar surface area (TPSA) is 110 Å². The van der Waals surface area contributed by atoms with Gasteiger partial charge in [-0.25, -0.2) is 0 Å². The summed E-state index contributed by atoms with van der Waals surface area (Å²) in [5, 5.41) is 44.7. The summed E-state index contributed by atoms with van der Waals surface area (Å²) in [5.74, 6) is 0. The van der Waals surface area contributed by atoms with Gasteiger partial charge in [0.25, 0.3) is 0 Å². The molecule has 0 amide bonds. The number of aliphatic hydroxyl groups is 5. The molecule has 1 saturated heterocycles. The fraction of sp³-hybridized carbons (Fsp3) is 1.00. The van der Waals surface area contributed by atoms with Gasteiger partial charge in [-0.15, -0.1) is 0 Å². The Morgan fingerprint density at radius 2 is 1.50 bits per heavy atom. The second-order valence-electron chi connectivity index (χ2n) is 2.72. The molecule has 0 aromatic carbocycles. The predicted molar refractivity (Wildman–Crippen MR) is 36.0 cm³/mol. The molecule has 5 atom stereocenters. The molecule has 1 aliphatic heterocycles. The molecule has 12 heavy (non-hydrogen) atoms. The number of hydrogen-bond acceptors (Lipinski definition) is 6. The molecule has 0 aromatic rings. The molecule has 0 saturated carbocycles. The molecular weight excluding hydrogens is 168 g/mol.